The Morgan fingerprint density at radius 2 is 2.00 bits per heavy atom. The minimum absolute atomic E-state index is 0.00397. The maximum atomic E-state index is 14.2. The van der Waals surface area contributed by atoms with Gasteiger partial charge in [0, 0.05) is 23.7 Å². The standard InChI is InChI=1S/C23H27F4N3O3/c24-19-10-14(6-7-18(19)23(25,26)27)21-17(12-28-9-8-13-4-5-13)20(30-33-21)22(32)29-15-2-1-3-16(31)11-15/h6-7,10,13,15-16,28,31H,1-5,8-9,11-12H2,(H,29,32)/t15-,16+/m1/s1. The molecule has 0 spiro atoms. The summed E-state index contributed by atoms with van der Waals surface area (Å²) >= 11 is 0. The maximum Gasteiger partial charge on any atom is 0.419 e. The van der Waals surface area contributed by atoms with Crippen LogP contribution >= 0.6 is 0 Å². The first-order chi connectivity index (χ1) is 15.7. The zero-order chi connectivity index (χ0) is 23.6. The first-order valence-electron chi connectivity index (χ1n) is 11.3. The summed E-state index contributed by atoms with van der Waals surface area (Å²) in [6, 6.07) is 2.30. The Morgan fingerprint density at radius 3 is 2.67 bits per heavy atom. The molecule has 1 amide bonds. The van der Waals surface area contributed by atoms with Crippen molar-refractivity contribution in [3.8, 4) is 11.3 Å². The predicted molar refractivity (Wildman–Crippen MR) is 112 cm³/mol. The van der Waals surface area contributed by atoms with Gasteiger partial charge in [0.05, 0.1) is 11.7 Å². The SMILES string of the molecule is O=C(N[C@@H]1CCC[C@H](O)C1)c1noc(-c2ccc(C(F)(F)F)c(F)c2)c1CNCCC1CC1. The van der Waals surface area contributed by atoms with E-state index in [1.54, 1.807) is 0 Å². The Hall–Kier alpha value is -2.46. The largest absolute Gasteiger partial charge is 0.419 e. The van der Waals surface area contributed by atoms with Gasteiger partial charge < -0.3 is 20.3 Å². The number of rotatable bonds is 8. The van der Waals surface area contributed by atoms with Crippen molar-refractivity contribution in [1.29, 1.82) is 0 Å². The fourth-order valence-electron chi connectivity index (χ4n) is 4.24. The van der Waals surface area contributed by atoms with Crippen molar-refractivity contribution >= 4 is 5.91 Å². The summed E-state index contributed by atoms with van der Waals surface area (Å²) in [4.78, 5) is 12.9. The smallest absolute Gasteiger partial charge is 0.393 e. The number of carbonyl (C=O) groups excluding carboxylic acids is 1. The number of alkyl halides is 3. The normalized spacial score (nSPS) is 21.2. The molecule has 2 atom stereocenters. The molecule has 2 fully saturated rings. The summed E-state index contributed by atoms with van der Waals surface area (Å²) in [5, 5.41) is 19.8. The summed E-state index contributed by atoms with van der Waals surface area (Å²) in [7, 11) is 0. The van der Waals surface area contributed by atoms with E-state index in [-0.39, 0.29) is 29.6 Å². The third kappa shape index (κ3) is 5.92. The predicted octanol–water partition coefficient (Wildman–Crippen LogP) is 4.42. The second kappa shape index (κ2) is 9.80. The number of aromatic nitrogens is 1. The van der Waals surface area contributed by atoms with Gasteiger partial charge in [-0.15, -0.1) is 0 Å². The molecule has 0 aliphatic heterocycles. The number of amides is 1. The Balaban J connectivity index is 1.57. The van der Waals surface area contributed by atoms with Gasteiger partial charge in [-0.2, -0.15) is 13.2 Å². The third-order valence-electron chi connectivity index (χ3n) is 6.25. The quantitative estimate of drug-likeness (QED) is 0.394. The Morgan fingerprint density at radius 1 is 1.21 bits per heavy atom. The van der Waals surface area contributed by atoms with E-state index in [1.807, 2.05) is 0 Å². The monoisotopic (exact) mass is 469 g/mol. The lowest BCUT2D eigenvalue weighted by Gasteiger charge is -2.26. The van der Waals surface area contributed by atoms with Crippen LogP contribution in [-0.2, 0) is 12.7 Å². The highest BCUT2D eigenvalue weighted by molar-refractivity contribution is 5.95. The Labute approximate surface area is 188 Å². The van der Waals surface area contributed by atoms with Gasteiger partial charge in [0.25, 0.3) is 5.91 Å². The van der Waals surface area contributed by atoms with Crippen molar-refractivity contribution in [2.45, 2.75) is 69.8 Å². The van der Waals surface area contributed by atoms with E-state index in [0.29, 0.717) is 36.9 Å². The summed E-state index contributed by atoms with van der Waals surface area (Å²) in [6.45, 7) is 0.900. The van der Waals surface area contributed by atoms with E-state index < -0.39 is 29.6 Å². The molecule has 0 radical (unpaired) electrons. The van der Waals surface area contributed by atoms with Crippen molar-refractivity contribution in [2.24, 2.45) is 5.92 Å². The zero-order valence-electron chi connectivity index (χ0n) is 18.1. The molecule has 10 heteroatoms. The molecule has 180 valence electrons. The summed E-state index contributed by atoms with van der Waals surface area (Å²) < 4.78 is 58.3. The van der Waals surface area contributed by atoms with Crippen LogP contribution < -0.4 is 10.6 Å². The van der Waals surface area contributed by atoms with Crippen LogP contribution in [0.1, 0.15) is 66.6 Å². The van der Waals surface area contributed by atoms with Crippen LogP contribution in [0, 0.1) is 11.7 Å². The molecule has 3 N–H and O–H groups in total. The van der Waals surface area contributed by atoms with Crippen LogP contribution in [0.4, 0.5) is 17.6 Å². The minimum Gasteiger partial charge on any atom is -0.393 e. The van der Waals surface area contributed by atoms with Gasteiger partial charge >= 0.3 is 6.18 Å². The molecule has 2 saturated carbocycles. The van der Waals surface area contributed by atoms with Gasteiger partial charge in [0.2, 0.25) is 0 Å². The fraction of sp³-hybridized carbons (Fsp3) is 0.565. The molecule has 2 aliphatic carbocycles. The van der Waals surface area contributed by atoms with Crippen molar-refractivity contribution in [3.63, 3.8) is 0 Å². The van der Waals surface area contributed by atoms with E-state index in [9.17, 15) is 27.5 Å². The number of carbonyl (C=O) groups is 1. The first-order valence-corrected chi connectivity index (χ1v) is 11.3. The second-order valence-electron chi connectivity index (χ2n) is 8.93. The molecule has 0 saturated heterocycles. The van der Waals surface area contributed by atoms with Gasteiger partial charge in [-0.3, -0.25) is 4.79 Å². The molecule has 6 nitrogen and oxygen atoms in total. The van der Waals surface area contributed by atoms with Crippen molar-refractivity contribution < 1.29 is 32.0 Å². The number of halogens is 4. The second-order valence-corrected chi connectivity index (χ2v) is 8.93. The van der Waals surface area contributed by atoms with Crippen LogP contribution in [0.15, 0.2) is 22.7 Å². The molecule has 0 bridgehead atoms. The Kier molecular flexibility index (Phi) is 7.04. The van der Waals surface area contributed by atoms with Gasteiger partial charge in [0.15, 0.2) is 11.5 Å². The van der Waals surface area contributed by atoms with Gasteiger partial charge in [-0.05, 0) is 56.7 Å². The number of aliphatic hydroxyl groups excluding tert-OH is 1. The number of benzene rings is 1. The van der Waals surface area contributed by atoms with E-state index in [2.05, 4.69) is 15.8 Å². The molecule has 33 heavy (non-hydrogen) atoms. The minimum atomic E-state index is -4.81. The highest BCUT2D eigenvalue weighted by Crippen LogP contribution is 2.35. The van der Waals surface area contributed by atoms with Gasteiger partial charge in [-0.25, -0.2) is 4.39 Å². The van der Waals surface area contributed by atoms with Crippen molar-refractivity contribution in [3.05, 3.63) is 40.8 Å². The molecule has 0 unspecified atom stereocenters. The van der Waals surface area contributed by atoms with Crippen LogP contribution in [-0.4, -0.2) is 34.9 Å². The first kappa shape index (κ1) is 23.7. The van der Waals surface area contributed by atoms with Crippen LogP contribution in [0.25, 0.3) is 11.3 Å². The number of aliphatic hydroxyl groups is 1. The number of nitrogens with zero attached hydrogens (tertiary/aromatic N) is 1. The van der Waals surface area contributed by atoms with E-state index in [4.69, 9.17) is 4.52 Å². The number of hydrogen-bond donors (Lipinski definition) is 3. The van der Waals surface area contributed by atoms with Crippen LogP contribution in [0.3, 0.4) is 0 Å². The van der Waals surface area contributed by atoms with Crippen LogP contribution in [0.5, 0.6) is 0 Å². The zero-order valence-corrected chi connectivity index (χ0v) is 18.1. The maximum absolute atomic E-state index is 14.2. The van der Waals surface area contributed by atoms with Gasteiger partial charge in [0.1, 0.15) is 5.82 Å². The highest BCUT2D eigenvalue weighted by Gasteiger charge is 2.35. The van der Waals surface area contributed by atoms with E-state index >= 15 is 0 Å². The molecule has 1 heterocycles. The third-order valence-corrected chi connectivity index (χ3v) is 6.25. The summed E-state index contributed by atoms with van der Waals surface area (Å²) in [6.07, 6.45) is 0.742. The topological polar surface area (TPSA) is 87.4 Å². The molecule has 1 aromatic carbocycles. The molecule has 1 aromatic heterocycles. The average Bonchev–Trinajstić information content (AvgIpc) is 3.47. The highest BCUT2D eigenvalue weighted by atomic mass is 19.4. The molecule has 2 aliphatic rings. The lowest BCUT2D eigenvalue weighted by molar-refractivity contribution is -0.139. The van der Waals surface area contributed by atoms with Crippen molar-refractivity contribution in [2.75, 3.05) is 6.54 Å². The lowest BCUT2D eigenvalue weighted by atomic mass is 9.93. The molecule has 2 aromatic rings. The fourth-order valence-corrected chi connectivity index (χ4v) is 4.24. The molecule has 4 rings (SSSR count). The van der Waals surface area contributed by atoms with E-state index in [1.165, 1.54) is 12.8 Å². The lowest BCUT2D eigenvalue weighted by Crippen LogP contribution is -2.40. The Bertz CT molecular complexity index is 988. The number of nitrogens with one attached hydrogen (secondary N) is 2. The molecular weight excluding hydrogens is 442 g/mol. The van der Waals surface area contributed by atoms with Crippen molar-refractivity contribution in [1.82, 2.24) is 15.8 Å². The summed E-state index contributed by atoms with van der Waals surface area (Å²) in [5.41, 5.74) is -0.939. The van der Waals surface area contributed by atoms with Gasteiger partial charge in [-0.1, -0.05) is 24.1 Å². The molecular formula is C23H27F4N3O3. The number of hydrogen-bond acceptors (Lipinski definition) is 5. The van der Waals surface area contributed by atoms with Crippen LogP contribution in [0.2, 0.25) is 0 Å². The van der Waals surface area contributed by atoms with E-state index in [0.717, 1.165) is 31.4 Å². The average molecular weight is 469 g/mol. The summed E-state index contributed by atoms with van der Waals surface area (Å²) in [5.74, 6) is -1.17.